The summed E-state index contributed by atoms with van der Waals surface area (Å²) >= 11 is 0. The molecule has 6 heteroatoms. The zero-order valence-electron chi connectivity index (χ0n) is 16.4. The first-order valence-corrected chi connectivity index (χ1v) is 9.56. The zero-order chi connectivity index (χ0) is 20.5. The second-order valence-electron chi connectivity index (χ2n) is 7.17. The van der Waals surface area contributed by atoms with E-state index in [1.807, 2.05) is 36.4 Å². The Balaban J connectivity index is 1.94. The van der Waals surface area contributed by atoms with Gasteiger partial charge >= 0.3 is 5.97 Å². The molecule has 29 heavy (non-hydrogen) atoms. The molecule has 2 heterocycles. The van der Waals surface area contributed by atoms with Crippen LogP contribution in [0.4, 0.5) is 0 Å². The number of carboxylic acid groups (broad SMARTS) is 1. The van der Waals surface area contributed by atoms with Crippen molar-refractivity contribution in [3.05, 3.63) is 64.8 Å². The molecule has 2 N–H and O–H groups in total. The topological polar surface area (TPSA) is 86.9 Å². The highest BCUT2D eigenvalue weighted by Gasteiger charge is 2.30. The van der Waals surface area contributed by atoms with Crippen LogP contribution in [0.1, 0.15) is 34.1 Å². The van der Waals surface area contributed by atoms with Gasteiger partial charge in [-0.2, -0.15) is 0 Å². The number of likely N-dealkylation sites (N-methyl/N-ethyl adjacent to an activating group) is 1. The highest BCUT2D eigenvalue weighted by atomic mass is 16.5. The van der Waals surface area contributed by atoms with Gasteiger partial charge < -0.3 is 19.8 Å². The van der Waals surface area contributed by atoms with Gasteiger partial charge in [-0.1, -0.05) is 36.1 Å². The Labute approximate surface area is 168 Å². The molecular formula is C23H22N2O4. The minimum Gasteiger partial charge on any atom is -0.870 e. The molecule has 0 saturated carbocycles. The number of nitrogens with one attached hydrogen (secondary N) is 1. The normalized spacial score (nSPS) is 17.3. The Morgan fingerprint density at radius 2 is 2.07 bits per heavy atom. The highest BCUT2D eigenvalue weighted by molar-refractivity contribution is 6.05. The highest BCUT2D eigenvalue weighted by Crippen LogP contribution is 2.31. The van der Waals surface area contributed by atoms with Crippen molar-refractivity contribution in [1.82, 2.24) is 4.98 Å². The third kappa shape index (κ3) is 3.43. The van der Waals surface area contributed by atoms with E-state index >= 15 is 0 Å². The number of hydrogen-bond donors (Lipinski definition) is 2. The molecule has 0 fully saturated rings. The van der Waals surface area contributed by atoms with Gasteiger partial charge in [0, 0.05) is 16.5 Å². The van der Waals surface area contributed by atoms with Crippen molar-refractivity contribution in [3.63, 3.8) is 0 Å². The van der Waals surface area contributed by atoms with E-state index < -0.39 is 5.97 Å². The predicted octanol–water partition coefficient (Wildman–Crippen LogP) is 1.97. The standard InChI is InChI=1S/C23H22N2O4/c1-3-25-12-15(10-14-8-9-20(29-2)19(26)11-14)22-17(13-25)21(23(27)28)16-6-4-5-7-18(16)24-22/h4-11,26H,3,12-13H2,1-2H3,(H,27,28)/b15-10+. The molecule has 148 valence electrons. The third-order valence-corrected chi connectivity index (χ3v) is 5.41. The van der Waals surface area contributed by atoms with E-state index in [4.69, 9.17) is 9.72 Å². The minimum atomic E-state index is -0.942. The van der Waals surface area contributed by atoms with Crippen LogP contribution in [0, 0.1) is 0 Å². The van der Waals surface area contributed by atoms with E-state index in [-0.39, 0.29) is 5.75 Å². The molecule has 1 atom stereocenters. The average Bonchev–Trinajstić information content (AvgIpc) is 2.72. The molecule has 0 amide bonds. The Hall–Kier alpha value is -3.38. The monoisotopic (exact) mass is 390 g/mol. The maximum Gasteiger partial charge on any atom is 0.336 e. The van der Waals surface area contributed by atoms with Crippen molar-refractivity contribution in [2.75, 3.05) is 20.2 Å². The molecule has 0 aliphatic carbocycles. The molecule has 1 unspecified atom stereocenters. The quantitative estimate of drug-likeness (QED) is 0.711. The lowest BCUT2D eigenvalue weighted by Crippen LogP contribution is -3.11. The van der Waals surface area contributed by atoms with Crippen molar-refractivity contribution >= 4 is 28.5 Å². The Morgan fingerprint density at radius 1 is 1.28 bits per heavy atom. The van der Waals surface area contributed by atoms with Crippen LogP contribution < -0.4 is 14.7 Å². The summed E-state index contributed by atoms with van der Waals surface area (Å²) in [5.74, 6) is -0.826. The average molecular weight is 390 g/mol. The van der Waals surface area contributed by atoms with Crippen LogP contribution in [0.5, 0.6) is 11.5 Å². The second-order valence-corrected chi connectivity index (χ2v) is 7.17. The van der Waals surface area contributed by atoms with Crippen LogP contribution in [-0.4, -0.2) is 36.3 Å². The molecule has 0 saturated heterocycles. The molecule has 0 radical (unpaired) electrons. The van der Waals surface area contributed by atoms with E-state index in [0.29, 0.717) is 41.0 Å². The number of ether oxygens (including phenoxy) is 1. The fourth-order valence-electron chi connectivity index (χ4n) is 3.95. The summed E-state index contributed by atoms with van der Waals surface area (Å²) in [5, 5.41) is 22.8. The van der Waals surface area contributed by atoms with Crippen molar-refractivity contribution in [3.8, 4) is 11.5 Å². The number of benzene rings is 2. The fraction of sp³-hybridized carbons (Fsp3) is 0.217. The maximum absolute atomic E-state index is 12.2. The molecule has 1 aromatic heterocycles. The molecular weight excluding hydrogens is 368 g/mol. The summed E-state index contributed by atoms with van der Waals surface area (Å²) in [4.78, 5) is 18.2. The van der Waals surface area contributed by atoms with Gasteiger partial charge in [0.05, 0.1) is 30.4 Å². The molecule has 3 aromatic rings. The number of nitrogens with zero attached hydrogens (tertiary/aromatic N) is 1. The number of quaternary nitrogens is 1. The number of carbonyl (C=O) groups is 1. The molecule has 6 nitrogen and oxygen atoms in total. The number of hydrogen-bond acceptors (Lipinski definition) is 4. The van der Waals surface area contributed by atoms with E-state index in [0.717, 1.165) is 23.2 Å². The summed E-state index contributed by atoms with van der Waals surface area (Å²) in [6.45, 7) is 4.26. The number of aromatic nitrogens is 1. The first kappa shape index (κ1) is 19.0. The van der Waals surface area contributed by atoms with E-state index in [2.05, 4.69) is 6.92 Å². The lowest BCUT2D eigenvalue weighted by Gasteiger charge is -2.28. The van der Waals surface area contributed by atoms with Crippen molar-refractivity contribution < 1.29 is 24.6 Å². The van der Waals surface area contributed by atoms with Gasteiger partial charge in [0.1, 0.15) is 18.8 Å². The van der Waals surface area contributed by atoms with Crippen LogP contribution in [-0.2, 0) is 6.54 Å². The number of aromatic carboxylic acids is 1. The summed E-state index contributed by atoms with van der Waals surface area (Å²) in [6, 6.07) is 12.3. The molecule has 0 spiro atoms. The van der Waals surface area contributed by atoms with Crippen LogP contribution in [0.2, 0.25) is 0 Å². The summed E-state index contributed by atoms with van der Waals surface area (Å²) in [7, 11) is 1.47. The number of fused-ring (bicyclic) bond motifs is 2. The zero-order valence-corrected chi connectivity index (χ0v) is 16.4. The van der Waals surface area contributed by atoms with Crippen LogP contribution in [0.15, 0.2) is 42.5 Å². The third-order valence-electron chi connectivity index (χ3n) is 5.41. The van der Waals surface area contributed by atoms with Crippen LogP contribution in [0.3, 0.4) is 0 Å². The van der Waals surface area contributed by atoms with Gasteiger partial charge in [-0.15, -0.1) is 0 Å². The smallest absolute Gasteiger partial charge is 0.336 e. The number of pyridine rings is 1. The number of rotatable bonds is 4. The van der Waals surface area contributed by atoms with Crippen LogP contribution >= 0.6 is 0 Å². The lowest BCUT2D eigenvalue weighted by molar-refractivity contribution is -0.905. The first-order valence-electron chi connectivity index (χ1n) is 9.56. The second kappa shape index (κ2) is 7.56. The molecule has 1 aliphatic heterocycles. The molecule has 4 rings (SSSR count). The van der Waals surface area contributed by atoms with Crippen LogP contribution in [0.25, 0.3) is 22.6 Å². The van der Waals surface area contributed by atoms with Gasteiger partial charge in [-0.25, -0.2) is 9.78 Å². The fourth-order valence-corrected chi connectivity index (χ4v) is 3.95. The number of carboxylic acids is 1. The summed E-state index contributed by atoms with van der Waals surface area (Å²) in [5.41, 5.74) is 4.12. The van der Waals surface area contributed by atoms with Crippen molar-refractivity contribution in [2.24, 2.45) is 0 Å². The Bertz CT molecular complexity index is 1140. The van der Waals surface area contributed by atoms with Crippen molar-refractivity contribution in [1.29, 1.82) is 0 Å². The number of methoxy groups -OCH3 is 1. The largest absolute Gasteiger partial charge is 0.870 e. The van der Waals surface area contributed by atoms with Crippen molar-refractivity contribution in [2.45, 2.75) is 13.5 Å². The van der Waals surface area contributed by atoms with E-state index in [9.17, 15) is 15.0 Å². The van der Waals surface area contributed by atoms with Gasteiger partial charge in [0.15, 0.2) is 0 Å². The van der Waals surface area contributed by atoms with Gasteiger partial charge in [0.25, 0.3) is 0 Å². The molecule has 2 aromatic carbocycles. The van der Waals surface area contributed by atoms with Gasteiger partial charge in [0.2, 0.25) is 0 Å². The summed E-state index contributed by atoms with van der Waals surface area (Å²) in [6.07, 6.45) is 1.93. The predicted molar refractivity (Wildman–Crippen MR) is 109 cm³/mol. The Kier molecular flexibility index (Phi) is 4.94. The molecule has 1 aliphatic rings. The molecule has 0 bridgehead atoms. The van der Waals surface area contributed by atoms with E-state index in [1.165, 1.54) is 18.1 Å². The number of para-hydroxylation sites is 1. The van der Waals surface area contributed by atoms with Gasteiger partial charge in [-0.05, 0) is 30.7 Å². The SMILES string of the molecule is CC[NH+]1C/C(=C\c2ccc(OC)c([O-])c2)c2nc3ccccc3c(C(=O)O)c2C1. The Morgan fingerprint density at radius 3 is 2.76 bits per heavy atom. The minimum absolute atomic E-state index is 0.185. The maximum atomic E-state index is 12.2. The van der Waals surface area contributed by atoms with Gasteiger partial charge in [-0.3, -0.25) is 0 Å². The summed E-state index contributed by atoms with van der Waals surface area (Å²) < 4.78 is 5.06. The lowest BCUT2D eigenvalue weighted by atomic mass is 9.92. The first-order chi connectivity index (χ1) is 14.0. The van der Waals surface area contributed by atoms with E-state index in [1.54, 1.807) is 6.07 Å².